The summed E-state index contributed by atoms with van der Waals surface area (Å²) in [5.41, 5.74) is 2.01. The molecule has 19 heavy (non-hydrogen) atoms. The van der Waals surface area contributed by atoms with E-state index in [1.165, 1.54) is 16.9 Å². The van der Waals surface area contributed by atoms with Gasteiger partial charge in [0.1, 0.15) is 0 Å². The van der Waals surface area contributed by atoms with Gasteiger partial charge >= 0.3 is 0 Å². The number of amides is 1. The molecule has 0 spiro atoms. The molecule has 1 aromatic carbocycles. The molecule has 2 nitrogen and oxygen atoms in total. The van der Waals surface area contributed by atoms with Crippen molar-refractivity contribution in [1.82, 2.24) is 0 Å². The van der Waals surface area contributed by atoms with Crippen molar-refractivity contribution < 1.29 is 4.79 Å². The molecule has 0 aliphatic carbocycles. The maximum Gasteiger partial charge on any atom is 0.265 e. The van der Waals surface area contributed by atoms with Gasteiger partial charge in [-0.05, 0) is 58.6 Å². The third-order valence-corrected chi connectivity index (χ3v) is 4.47. The Morgan fingerprint density at radius 3 is 2.84 bits per heavy atom. The lowest BCUT2D eigenvalue weighted by Gasteiger charge is -2.06. The highest BCUT2D eigenvalue weighted by Gasteiger charge is 2.08. The molecule has 0 aliphatic heterocycles. The van der Waals surface area contributed by atoms with E-state index in [0.717, 1.165) is 22.3 Å². The van der Waals surface area contributed by atoms with Crippen molar-refractivity contribution >= 4 is 50.5 Å². The van der Waals surface area contributed by atoms with Gasteiger partial charge in [-0.2, -0.15) is 0 Å². The number of rotatable bonds is 5. The molecule has 0 radical (unpaired) electrons. The molecule has 1 amide bonds. The number of anilines is 1. The van der Waals surface area contributed by atoms with Crippen molar-refractivity contribution in [3.8, 4) is 0 Å². The summed E-state index contributed by atoms with van der Waals surface area (Å²) >= 11 is 10.5. The van der Waals surface area contributed by atoms with Crippen LogP contribution in [0.1, 0.15) is 21.7 Å². The second-order valence-corrected chi connectivity index (χ2v) is 6.89. The molecular formula is C14H13BrClNOS. The van der Waals surface area contributed by atoms with Gasteiger partial charge in [0.25, 0.3) is 5.91 Å². The molecule has 0 fully saturated rings. The van der Waals surface area contributed by atoms with Gasteiger partial charge in [-0.15, -0.1) is 22.9 Å². The number of carbonyl (C=O) groups is 1. The van der Waals surface area contributed by atoms with Crippen molar-refractivity contribution in [2.45, 2.75) is 12.8 Å². The molecule has 0 aliphatic rings. The Labute approximate surface area is 129 Å². The highest BCUT2D eigenvalue weighted by atomic mass is 79.9. The number of aryl methyl sites for hydroxylation is 1. The molecule has 5 heteroatoms. The van der Waals surface area contributed by atoms with E-state index in [2.05, 4.69) is 21.2 Å². The molecule has 0 atom stereocenters. The van der Waals surface area contributed by atoms with Gasteiger partial charge in [-0.3, -0.25) is 4.79 Å². The Hall–Kier alpha value is -0.840. The van der Waals surface area contributed by atoms with E-state index in [1.807, 2.05) is 30.3 Å². The first-order chi connectivity index (χ1) is 9.19. The van der Waals surface area contributed by atoms with Crippen LogP contribution in [0.25, 0.3) is 0 Å². The summed E-state index contributed by atoms with van der Waals surface area (Å²) in [6.45, 7) is 0. The lowest BCUT2D eigenvalue weighted by molar-refractivity contribution is 0.103. The average molecular weight is 359 g/mol. The molecular weight excluding hydrogens is 346 g/mol. The number of carbonyl (C=O) groups excluding carboxylic acids is 1. The van der Waals surface area contributed by atoms with Crippen LogP contribution in [-0.2, 0) is 6.42 Å². The van der Waals surface area contributed by atoms with E-state index in [4.69, 9.17) is 11.6 Å². The predicted octanol–water partition coefficient (Wildman–Crippen LogP) is 4.93. The standard InChI is InChI=1S/C14H13BrClNOS/c15-13-7-6-12(19-13)14(18)17-11-5-1-3-10(9-11)4-2-8-16/h1,3,5-7,9H,2,4,8H2,(H,17,18). The molecule has 2 rings (SSSR count). The van der Waals surface area contributed by atoms with Crippen molar-refractivity contribution in [3.63, 3.8) is 0 Å². The third-order valence-electron chi connectivity index (χ3n) is 2.58. The van der Waals surface area contributed by atoms with Gasteiger partial charge < -0.3 is 5.32 Å². The van der Waals surface area contributed by atoms with Crippen LogP contribution in [0.4, 0.5) is 5.69 Å². The number of benzene rings is 1. The fourth-order valence-electron chi connectivity index (χ4n) is 1.70. The maximum atomic E-state index is 12.0. The molecule has 1 heterocycles. The Bertz CT molecular complexity index is 570. The van der Waals surface area contributed by atoms with Gasteiger partial charge in [-0.1, -0.05) is 12.1 Å². The number of alkyl halides is 1. The highest BCUT2D eigenvalue weighted by molar-refractivity contribution is 9.11. The minimum absolute atomic E-state index is 0.0785. The van der Waals surface area contributed by atoms with Crippen LogP contribution in [0.15, 0.2) is 40.2 Å². The van der Waals surface area contributed by atoms with Crippen molar-refractivity contribution in [2.75, 3.05) is 11.2 Å². The second-order valence-electron chi connectivity index (χ2n) is 4.05. The van der Waals surface area contributed by atoms with Gasteiger partial charge in [0.05, 0.1) is 8.66 Å². The van der Waals surface area contributed by atoms with E-state index in [-0.39, 0.29) is 5.91 Å². The first-order valence-electron chi connectivity index (χ1n) is 5.90. The first-order valence-corrected chi connectivity index (χ1v) is 8.05. The molecule has 1 aromatic heterocycles. The van der Waals surface area contributed by atoms with E-state index in [1.54, 1.807) is 6.07 Å². The minimum atomic E-state index is -0.0785. The normalized spacial score (nSPS) is 10.4. The fraction of sp³-hybridized carbons (Fsp3) is 0.214. The zero-order valence-corrected chi connectivity index (χ0v) is 13.3. The highest BCUT2D eigenvalue weighted by Crippen LogP contribution is 2.23. The van der Waals surface area contributed by atoms with Crippen LogP contribution in [0.3, 0.4) is 0 Å². The van der Waals surface area contributed by atoms with Crippen LogP contribution >= 0.6 is 38.9 Å². The molecule has 100 valence electrons. The number of halogens is 2. The lowest BCUT2D eigenvalue weighted by Crippen LogP contribution is -2.10. The predicted molar refractivity (Wildman–Crippen MR) is 85.5 cm³/mol. The summed E-state index contributed by atoms with van der Waals surface area (Å²) in [6, 6.07) is 11.6. The number of hydrogen-bond acceptors (Lipinski definition) is 2. The third kappa shape index (κ3) is 4.34. The fourth-order valence-corrected chi connectivity index (χ4v) is 3.12. The van der Waals surface area contributed by atoms with Gasteiger partial charge in [-0.25, -0.2) is 0 Å². The van der Waals surface area contributed by atoms with Crippen LogP contribution in [0.2, 0.25) is 0 Å². The second kappa shape index (κ2) is 7.08. The molecule has 1 N–H and O–H groups in total. The first kappa shape index (κ1) is 14.6. The van der Waals surface area contributed by atoms with E-state index < -0.39 is 0 Å². The van der Waals surface area contributed by atoms with E-state index >= 15 is 0 Å². The summed E-state index contributed by atoms with van der Waals surface area (Å²) < 4.78 is 0.952. The zero-order valence-electron chi connectivity index (χ0n) is 10.2. The molecule has 0 saturated heterocycles. The SMILES string of the molecule is O=C(Nc1cccc(CCCCl)c1)c1ccc(Br)s1. The van der Waals surface area contributed by atoms with Crippen molar-refractivity contribution in [3.05, 3.63) is 50.6 Å². The largest absolute Gasteiger partial charge is 0.321 e. The summed E-state index contributed by atoms with van der Waals surface area (Å²) in [4.78, 5) is 12.7. The van der Waals surface area contributed by atoms with Gasteiger partial charge in [0.2, 0.25) is 0 Å². The van der Waals surface area contributed by atoms with Gasteiger partial charge in [0, 0.05) is 11.6 Å². The van der Waals surface area contributed by atoms with Crippen molar-refractivity contribution in [2.24, 2.45) is 0 Å². The molecule has 0 bridgehead atoms. The van der Waals surface area contributed by atoms with Crippen LogP contribution in [-0.4, -0.2) is 11.8 Å². The van der Waals surface area contributed by atoms with Crippen LogP contribution in [0, 0.1) is 0 Å². The summed E-state index contributed by atoms with van der Waals surface area (Å²) in [7, 11) is 0. The smallest absolute Gasteiger partial charge is 0.265 e. The van der Waals surface area contributed by atoms with Crippen LogP contribution in [0.5, 0.6) is 0 Å². The maximum absolute atomic E-state index is 12.0. The van der Waals surface area contributed by atoms with E-state index in [0.29, 0.717) is 10.8 Å². The quantitative estimate of drug-likeness (QED) is 0.754. The summed E-state index contributed by atoms with van der Waals surface area (Å²) in [5, 5.41) is 2.91. The van der Waals surface area contributed by atoms with E-state index in [9.17, 15) is 4.79 Å². The number of thiophene rings is 1. The van der Waals surface area contributed by atoms with Crippen LogP contribution < -0.4 is 5.32 Å². The summed E-state index contributed by atoms with van der Waals surface area (Å²) in [6.07, 6.45) is 1.87. The molecule has 0 unspecified atom stereocenters. The lowest BCUT2D eigenvalue weighted by atomic mass is 10.1. The Balaban J connectivity index is 2.04. The zero-order chi connectivity index (χ0) is 13.7. The Morgan fingerprint density at radius 2 is 2.16 bits per heavy atom. The number of hydrogen-bond donors (Lipinski definition) is 1. The molecule has 2 aromatic rings. The average Bonchev–Trinajstić information content (AvgIpc) is 2.83. The number of nitrogens with one attached hydrogen (secondary N) is 1. The Kier molecular flexibility index (Phi) is 5.43. The summed E-state index contributed by atoms with van der Waals surface area (Å²) in [5.74, 6) is 0.574. The Morgan fingerprint density at radius 1 is 1.32 bits per heavy atom. The topological polar surface area (TPSA) is 29.1 Å². The monoisotopic (exact) mass is 357 g/mol. The van der Waals surface area contributed by atoms with Crippen molar-refractivity contribution in [1.29, 1.82) is 0 Å². The molecule has 0 saturated carbocycles. The minimum Gasteiger partial charge on any atom is -0.321 e. The van der Waals surface area contributed by atoms with Gasteiger partial charge in [0.15, 0.2) is 0 Å².